The van der Waals surface area contributed by atoms with E-state index in [1.54, 1.807) is 12.1 Å². The van der Waals surface area contributed by atoms with Crippen molar-refractivity contribution in [2.45, 2.75) is 30.7 Å². The lowest BCUT2D eigenvalue weighted by Gasteiger charge is -2.17. The van der Waals surface area contributed by atoms with E-state index in [9.17, 15) is 18.0 Å². The van der Waals surface area contributed by atoms with E-state index < -0.39 is 27.9 Å². The Hall–Kier alpha value is -1.93. The first-order valence-corrected chi connectivity index (χ1v) is 8.16. The van der Waals surface area contributed by atoms with Gasteiger partial charge in [0.15, 0.2) is 0 Å². The zero-order valence-electron chi connectivity index (χ0n) is 12.8. The van der Waals surface area contributed by atoms with Gasteiger partial charge in [-0.05, 0) is 25.5 Å². The lowest BCUT2D eigenvalue weighted by molar-refractivity contribution is -0.140. The second kappa shape index (κ2) is 7.90. The van der Waals surface area contributed by atoms with Gasteiger partial charge in [-0.2, -0.15) is 4.72 Å². The Kier molecular flexibility index (Phi) is 6.51. The van der Waals surface area contributed by atoms with Crippen molar-refractivity contribution >= 4 is 21.9 Å². The Balaban J connectivity index is 2.89. The zero-order chi connectivity index (χ0) is 16.8. The van der Waals surface area contributed by atoms with E-state index in [0.29, 0.717) is 0 Å². The average Bonchev–Trinajstić information content (AvgIpc) is 2.50. The van der Waals surface area contributed by atoms with Crippen molar-refractivity contribution in [1.82, 2.24) is 10.0 Å². The number of ether oxygens (including phenoxy) is 1. The third kappa shape index (κ3) is 5.12. The molecule has 0 fully saturated rings. The lowest BCUT2D eigenvalue weighted by atomic mass is 10.1. The van der Waals surface area contributed by atoms with Crippen LogP contribution in [0, 0.1) is 6.92 Å². The number of rotatable bonds is 7. The molecule has 1 amide bonds. The van der Waals surface area contributed by atoms with Crippen LogP contribution in [0.4, 0.5) is 0 Å². The molecule has 1 aromatic carbocycles. The number of esters is 1. The Morgan fingerprint density at radius 1 is 1.23 bits per heavy atom. The van der Waals surface area contributed by atoms with E-state index in [2.05, 4.69) is 14.8 Å². The molecule has 7 nitrogen and oxygen atoms in total. The van der Waals surface area contributed by atoms with Crippen LogP contribution in [0.3, 0.4) is 0 Å². The molecule has 0 aliphatic carbocycles. The number of amides is 1. The molecule has 0 bridgehead atoms. The van der Waals surface area contributed by atoms with Crippen molar-refractivity contribution in [3.8, 4) is 0 Å². The molecule has 2 N–H and O–H groups in total. The highest BCUT2D eigenvalue weighted by molar-refractivity contribution is 7.89. The fourth-order valence-corrected chi connectivity index (χ4v) is 2.98. The van der Waals surface area contributed by atoms with Crippen molar-refractivity contribution in [2.24, 2.45) is 0 Å². The normalized spacial score (nSPS) is 12.5. The minimum Gasteiger partial charge on any atom is -0.469 e. The minimum atomic E-state index is -3.85. The van der Waals surface area contributed by atoms with Crippen molar-refractivity contribution in [3.63, 3.8) is 0 Å². The molecule has 22 heavy (non-hydrogen) atoms. The van der Waals surface area contributed by atoms with Crippen LogP contribution in [0.1, 0.15) is 18.4 Å². The van der Waals surface area contributed by atoms with Crippen LogP contribution in [-0.4, -0.2) is 40.5 Å². The molecule has 0 radical (unpaired) electrons. The predicted molar refractivity (Wildman–Crippen MR) is 80.6 cm³/mol. The van der Waals surface area contributed by atoms with Gasteiger partial charge in [0, 0.05) is 13.5 Å². The summed E-state index contributed by atoms with van der Waals surface area (Å²) < 4.78 is 31.4. The van der Waals surface area contributed by atoms with Gasteiger partial charge in [-0.1, -0.05) is 17.7 Å². The van der Waals surface area contributed by atoms with Gasteiger partial charge in [0.05, 0.1) is 12.0 Å². The van der Waals surface area contributed by atoms with Crippen molar-refractivity contribution in [3.05, 3.63) is 29.8 Å². The molecule has 0 aliphatic heterocycles. The molecular formula is C14H20N2O5S. The summed E-state index contributed by atoms with van der Waals surface area (Å²) in [6, 6.07) is 5.20. The van der Waals surface area contributed by atoms with Crippen molar-refractivity contribution in [1.29, 1.82) is 0 Å². The Labute approximate surface area is 130 Å². The molecule has 8 heteroatoms. The van der Waals surface area contributed by atoms with Crippen LogP contribution in [0.15, 0.2) is 29.2 Å². The summed E-state index contributed by atoms with van der Waals surface area (Å²) in [4.78, 5) is 23.0. The molecule has 1 aromatic rings. The van der Waals surface area contributed by atoms with E-state index in [1.807, 2.05) is 6.92 Å². The van der Waals surface area contributed by atoms with E-state index in [4.69, 9.17) is 0 Å². The van der Waals surface area contributed by atoms with Crippen LogP contribution in [0.5, 0.6) is 0 Å². The molecule has 0 aromatic heterocycles. The first kappa shape index (κ1) is 18.1. The van der Waals surface area contributed by atoms with Gasteiger partial charge in [0.25, 0.3) is 0 Å². The summed E-state index contributed by atoms with van der Waals surface area (Å²) in [6.07, 6.45) is -0.0531. The smallest absolute Gasteiger partial charge is 0.305 e. The van der Waals surface area contributed by atoms with Gasteiger partial charge in [-0.15, -0.1) is 0 Å². The second-order valence-electron chi connectivity index (χ2n) is 4.72. The number of carbonyl (C=O) groups is 2. The van der Waals surface area contributed by atoms with Crippen molar-refractivity contribution < 1.29 is 22.7 Å². The summed E-state index contributed by atoms with van der Waals surface area (Å²) in [7, 11) is -1.22. The summed E-state index contributed by atoms with van der Waals surface area (Å²) in [5.74, 6) is -1.02. The number of benzene rings is 1. The number of likely N-dealkylation sites (N-methyl/N-ethyl adjacent to an activating group) is 1. The van der Waals surface area contributed by atoms with Crippen LogP contribution >= 0.6 is 0 Å². The first-order chi connectivity index (χ1) is 10.3. The molecule has 1 atom stereocenters. The fourth-order valence-electron chi connectivity index (χ4n) is 1.75. The topological polar surface area (TPSA) is 102 Å². The van der Waals surface area contributed by atoms with Gasteiger partial charge in [-0.3, -0.25) is 9.59 Å². The molecule has 0 aliphatic rings. The molecule has 1 rings (SSSR count). The van der Waals surface area contributed by atoms with Crippen LogP contribution in [0.25, 0.3) is 0 Å². The van der Waals surface area contributed by atoms with Gasteiger partial charge < -0.3 is 10.1 Å². The monoisotopic (exact) mass is 328 g/mol. The zero-order valence-corrected chi connectivity index (χ0v) is 13.6. The lowest BCUT2D eigenvalue weighted by Crippen LogP contribution is -2.45. The number of hydrogen-bond donors (Lipinski definition) is 2. The second-order valence-corrected chi connectivity index (χ2v) is 6.43. The molecule has 122 valence electrons. The third-order valence-corrected chi connectivity index (χ3v) is 4.54. The SMILES string of the molecule is CNC(=O)[C@H](CCC(=O)OC)NS(=O)(=O)c1ccc(C)cc1. The number of nitrogens with one attached hydrogen (secondary N) is 2. The number of methoxy groups -OCH3 is 1. The average molecular weight is 328 g/mol. The van der Waals surface area contributed by atoms with Gasteiger partial charge >= 0.3 is 5.97 Å². The molecular weight excluding hydrogens is 308 g/mol. The quantitative estimate of drug-likeness (QED) is 0.703. The number of carbonyl (C=O) groups excluding carboxylic acids is 2. The van der Waals surface area contributed by atoms with E-state index in [0.717, 1.165) is 5.56 Å². The highest BCUT2D eigenvalue weighted by Gasteiger charge is 2.25. The highest BCUT2D eigenvalue weighted by Crippen LogP contribution is 2.12. The first-order valence-electron chi connectivity index (χ1n) is 6.67. The maximum absolute atomic E-state index is 12.3. The minimum absolute atomic E-state index is 0.0113. The maximum atomic E-state index is 12.3. The third-order valence-electron chi connectivity index (χ3n) is 3.06. The highest BCUT2D eigenvalue weighted by atomic mass is 32.2. The van der Waals surface area contributed by atoms with Gasteiger partial charge in [0.1, 0.15) is 6.04 Å². The van der Waals surface area contributed by atoms with E-state index in [-0.39, 0.29) is 17.7 Å². The molecule has 0 saturated heterocycles. The van der Waals surface area contributed by atoms with Gasteiger partial charge in [0.2, 0.25) is 15.9 Å². The number of hydrogen-bond acceptors (Lipinski definition) is 5. The Bertz CT molecular complexity index is 625. The fraction of sp³-hybridized carbons (Fsp3) is 0.429. The number of aryl methyl sites for hydroxylation is 1. The van der Waals surface area contributed by atoms with Crippen molar-refractivity contribution in [2.75, 3.05) is 14.2 Å². The Morgan fingerprint density at radius 2 is 1.82 bits per heavy atom. The van der Waals surface area contributed by atoms with Gasteiger partial charge in [-0.25, -0.2) is 8.42 Å². The molecule has 0 heterocycles. The summed E-state index contributed by atoms with van der Waals surface area (Å²) in [6.45, 7) is 1.84. The molecule has 0 spiro atoms. The molecule has 0 saturated carbocycles. The molecule has 0 unspecified atom stereocenters. The largest absolute Gasteiger partial charge is 0.469 e. The summed E-state index contributed by atoms with van der Waals surface area (Å²) in [5, 5.41) is 2.37. The maximum Gasteiger partial charge on any atom is 0.305 e. The van der Waals surface area contributed by atoms with Crippen LogP contribution in [-0.2, 0) is 24.3 Å². The van der Waals surface area contributed by atoms with E-state index in [1.165, 1.54) is 26.3 Å². The predicted octanol–water partition coefficient (Wildman–Crippen LogP) is 0.341. The standard InChI is InChI=1S/C14H20N2O5S/c1-10-4-6-11(7-5-10)22(19,20)16-12(14(18)15-2)8-9-13(17)21-3/h4-7,12,16H,8-9H2,1-3H3,(H,15,18)/t12-/m0/s1. The van der Waals surface area contributed by atoms with E-state index >= 15 is 0 Å². The number of sulfonamides is 1. The van der Waals surface area contributed by atoms with Crippen LogP contribution in [0.2, 0.25) is 0 Å². The summed E-state index contributed by atoms with van der Waals surface area (Å²) >= 11 is 0. The Morgan fingerprint density at radius 3 is 2.32 bits per heavy atom. The summed E-state index contributed by atoms with van der Waals surface area (Å²) in [5.41, 5.74) is 0.924. The van der Waals surface area contributed by atoms with Crippen LogP contribution < -0.4 is 10.0 Å².